The molecule has 0 N–H and O–H groups in total. The maximum absolute atomic E-state index is 12.5. The molecule has 22 heavy (non-hydrogen) atoms. The second kappa shape index (κ2) is 6.34. The molecule has 0 aliphatic carbocycles. The number of piperidine rings is 1. The van der Waals surface area contributed by atoms with Crippen LogP contribution in [0.15, 0.2) is 34.7 Å². The van der Waals surface area contributed by atoms with E-state index < -0.39 is 0 Å². The lowest BCUT2D eigenvalue weighted by molar-refractivity contribution is -0.132. The maximum atomic E-state index is 12.5. The van der Waals surface area contributed by atoms with Gasteiger partial charge in [-0.25, -0.2) is 4.98 Å². The predicted molar refractivity (Wildman–Crippen MR) is 85.4 cm³/mol. The fraction of sp³-hybridized carbons (Fsp3) is 0.444. The van der Waals surface area contributed by atoms with Gasteiger partial charge in [0.1, 0.15) is 5.76 Å². The molecule has 0 spiro atoms. The Hall–Kier alpha value is -2.10. The molecular weight excluding hydrogens is 276 g/mol. The molecule has 1 aromatic carbocycles. The fourth-order valence-electron chi connectivity index (χ4n) is 2.97. The van der Waals surface area contributed by atoms with Crippen molar-refractivity contribution in [2.24, 2.45) is 5.92 Å². The van der Waals surface area contributed by atoms with Crippen molar-refractivity contribution in [2.75, 3.05) is 13.1 Å². The van der Waals surface area contributed by atoms with Crippen LogP contribution in [0, 0.1) is 12.8 Å². The highest BCUT2D eigenvalue weighted by Gasteiger charge is 2.23. The zero-order chi connectivity index (χ0) is 15.5. The molecule has 0 bridgehead atoms. The van der Waals surface area contributed by atoms with Crippen molar-refractivity contribution in [1.82, 2.24) is 9.88 Å². The summed E-state index contributed by atoms with van der Waals surface area (Å²) in [7, 11) is 0. The number of rotatable bonds is 3. The average Bonchev–Trinajstić information content (AvgIpc) is 2.89. The number of amides is 1. The molecular formula is C18H22N2O2. The number of oxazole rings is 1. The molecule has 0 saturated carbocycles. The Morgan fingerprint density at radius 3 is 2.86 bits per heavy atom. The minimum absolute atomic E-state index is 0.155. The second-order valence-corrected chi connectivity index (χ2v) is 6.15. The van der Waals surface area contributed by atoms with Gasteiger partial charge < -0.3 is 9.32 Å². The van der Waals surface area contributed by atoms with E-state index in [2.05, 4.69) is 11.9 Å². The van der Waals surface area contributed by atoms with Gasteiger partial charge in [0, 0.05) is 18.7 Å². The number of hydrogen-bond acceptors (Lipinski definition) is 3. The number of carbonyl (C=O) groups is 1. The van der Waals surface area contributed by atoms with Crippen LogP contribution in [0.1, 0.15) is 31.2 Å². The first kappa shape index (κ1) is 14.8. The van der Waals surface area contributed by atoms with Gasteiger partial charge >= 0.3 is 0 Å². The number of hydrogen-bond donors (Lipinski definition) is 0. The highest BCUT2D eigenvalue weighted by Crippen LogP contribution is 2.23. The van der Waals surface area contributed by atoms with Crippen LogP contribution in [0.4, 0.5) is 0 Å². The zero-order valence-electron chi connectivity index (χ0n) is 13.2. The molecule has 0 radical (unpaired) electrons. The number of aryl methyl sites for hydroxylation is 1. The topological polar surface area (TPSA) is 46.3 Å². The third-order valence-corrected chi connectivity index (χ3v) is 4.24. The average molecular weight is 298 g/mol. The smallest absolute Gasteiger partial charge is 0.228 e. The highest BCUT2D eigenvalue weighted by molar-refractivity contribution is 5.78. The Bertz CT molecular complexity index is 648. The van der Waals surface area contributed by atoms with E-state index in [0.717, 1.165) is 36.5 Å². The summed E-state index contributed by atoms with van der Waals surface area (Å²) in [6.07, 6.45) is 2.64. The Labute approximate surface area is 131 Å². The van der Waals surface area contributed by atoms with Crippen molar-refractivity contribution in [3.63, 3.8) is 0 Å². The van der Waals surface area contributed by atoms with Crippen LogP contribution in [0.5, 0.6) is 0 Å². The van der Waals surface area contributed by atoms with Crippen molar-refractivity contribution in [3.05, 3.63) is 41.8 Å². The summed E-state index contributed by atoms with van der Waals surface area (Å²) >= 11 is 0. The van der Waals surface area contributed by atoms with Crippen LogP contribution in [-0.4, -0.2) is 28.9 Å². The van der Waals surface area contributed by atoms with Crippen molar-refractivity contribution < 1.29 is 9.21 Å². The standard InChI is InChI=1S/C18H22N2O2/c1-13-7-6-10-20(12-13)17(21)11-16-14(2)22-18(19-16)15-8-4-3-5-9-15/h3-5,8-9,13H,6-7,10-12H2,1-2H3. The first-order chi connectivity index (χ1) is 10.6. The molecule has 1 unspecified atom stereocenters. The van der Waals surface area contributed by atoms with Gasteiger partial charge in [-0.15, -0.1) is 0 Å². The molecule has 1 atom stereocenters. The van der Waals surface area contributed by atoms with E-state index in [4.69, 9.17) is 4.42 Å². The van der Waals surface area contributed by atoms with Crippen LogP contribution in [0.25, 0.3) is 11.5 Å². The molecule has 2 heterocycles. The fourth-order valence-corrected chi connectivity index (χ4v) is 2.97. The maximum Gasteiger partial charge on any atom is 0.228 e. The number of aromatic nitrogens is 1. The largest absolute Gasteiger partial charge is 0.441 e. The van der Waals surface area contributed by atoms with Gasteiger partial charge in [-0.05, 0) is 37.8 Å². The van der Waals surface area contributed by atoms with Gasteiger partial charge in [-0.3, -0.25) is 4.79 Å². The Morgan fingerprint density at radius 2 is 2.14 bits per heavy atom. The van der Waals surface area contributed by atoms with Gasteiger partial charge in [0.15, 0.2) is 0 Å². The molecule has 1 amide bonds. The van der Waals surface area contributed by atoms with Crippen LogP contribution in [0.3, 0.4) is 0 Å². The number of benzene rings is 1. The summed E-state index contributed by atoms with van der Waals surface area (Å²) in [6, 6.07) is 9.79. The van der Waals surface area contributed by atoms with Crippen molar-refractivity contribution >= 4 is 5.91 Å². The van der Waals surface area contributed by atoms with Crippen LogP contribution < -0.4 is 0 Å². The first-order valence-electron chi connectivity index (χ1n) is 7.93. The van der Waals surface area contributed by atoms with E-state index in [1.54, 1.807) is 0 Å². The number of nitrogens with zero attached hydrogens (tertiary/aromatic N) is 2. The summed E-state index contributed by atoms with van der Waals surface area (Å²) in [6.45, 7) is 5.81. The van der Waals surface area contributed by atoms with E-state index in [0.29, 0.717) is 18.2 Å². The lowest BCUT2D eigenvalue weighted by Gasteiger charge is -2.30. The minimum Gasteiger partial charge on any atom is -0.441 e. The number of carbonyl (C=O) groups excluding carboxylic acids is 1. The molecule has 1 saturated heterocycles. The Kier molecular flexibility index (Phi) is 4.27. The molecule has 4 nitrogen and oxygen atoms in total. The zero-order valence-corrected chi connectivity index (χ0v) is 13.2. The predicted octanol–water partition coefficient (Wildman–Crippen LogP) is 3.45. The third kappa shape index (κ3) is 3.21. The quantitative estimate of drug-likeness (QED) is 0.872. The van der Waals surface area contributed by atoms with E-state index in [9.17, 15) is 4.79 Å². The van der Waals surface area contributed by atoms with Gasteiger partial charge in [-0.2, -0.15) is 0 Å². The van der Waals surface area contributed by atoms with E-state index in [1.807, 2.05) is 42.2 Å². The molecule has 1 aliphatic heterocycles. The van der Waals surface area contributed by atoms with Crippen LogP contribution >= 0.6 is 0 Å². The minimum atomic E-state index is 0.155. The van der Waals surface area contributed by atoms with E-state index >= 15 is 0 Å². The van der Waals surface area contributed by atoms with Crippen LogP contribution in [0.2, 0.25) is 0 Å². The first-order valence-corrected chi connectivity index (χ1v) is 7.93. The third-order valence-electron chi connectivity index (χ3n) is 4.24. The van der Waals surface area contributed by atoms with Crippen LogP contribution in [-0.2, 0) is 11.2 Å². The summed E-state index contributed by atoms with van der Waals surface area (Å²) < 4.78 is 5.73. The molecule has 3 rings (SSSR count). The molecule has 1 fully saturated rings. The van der Waals surface area contributed by atoms with Crippen molar-refractivity contribution in [1.29, 1.82) is 0 Å². The molecule has 1 aromatic heterocycles. The molecule has 116 valence electrons. The molecule has 4 heteroatoms. The van der Waals surface area contributed by atoms with Gasteiger partial charge in [0.25, 0.3) is 0 Å². The second-order valence-electron chi connectivity index (χ2n) is 6.15. The lowest BCUT2D eigenvalue weighted by atomic mass is 10.00. The van der Waals surface area contributed by atoms with E-state index in [1.165, 1.54) is 6.42 Å². The summed E-state index contributed by atoms with van der Waals surface area (Å²) in [4.78, 5) is 18.9. The Balaban J connectivity index is 1.73. The SMILES string of the molecule is Cc1oc(-c2ccccc2)nc1CC(=O)N1CCCC(C)C1. The molecule has 2 aromatic rings. The number of likely N-dealkylation sites (tertiary alicyclic amines) is 1. The van der Waals surface area contributed by atoms with Crippen molar-refractivity contribution in [3.8, 4) is 11.5 Å². The van der Waals surface area contributed by atoms with Crippen molar-refractivity contribution in [2.45, 2.75) is 33.1 Å². The lowest BCUT2D eigenvalue weighted by Crippen LogP contribution is -2.40. The van der Waals surface area contributed by atoms with E-state index in [-0.39, 0.29) is 5.91 Å². The van der Waals surface area contributed by atoms with Gasteiger partial charge in [0.05, 0.1) is 12.1 Å². The monoisotopic (exact) mass is 298 g/mol. The van der Waals surface area contributed by atoms with Gasteiger partial charge in [-0.1, -0.05) is 25.1 Å². The summed E-state index contributed by atoms with van der Waals surface area (Å²) in [5, 5.41) is 0. The summed E-state index contributed by atoms with van der Waals surface area (Å²) in [5.74, 6) is 2.07. The normalized spacial score (nSPS) is 18.5. The Morgan fingerprint density at radius 1 is 1.36 bits per heavy atom. The molecule has 1 aliphatic rings. The summed E-state index contributed by atoms with van der Waals surface area (Å²) in [5.41, 5.74) is 1.69. The highest BCUT2D eigenvalue weighted by atomic mass is 16.4. The van der Waals surface area contributed by atoms with Gasteiger partial charge in [0.2, 0.25) is 11.8 Å².